The maximum atomic E-state index is 12.0. The van der Waals surface area contributed by atoms with Gasteiger partial charge < -0.3 is 10.2 Å². The van der Waals surface area contributed by atoms with Gasteiger partial charge in [0.2, 0.25) is 11.8 Å². The van der Waals surface area contributed by atoms with E-state index in [0.29, 0.717) is 6.42 Å². The Balaban J connectivity index is 1.70. The first kappa shape index (κ1) is 13.5. The highest BCUT2D eigenvalue weighted by Gasteiger charge is 2.24. The van der Waals surface area contributed by atoms with Crippen molar-refractivity contribution >= 4 is 35.0 Å². The molecule has 0 aliphatic carbocycles. The predicted molar refractivity (Wildman–Crippen MR) is 80.9 cm³/mol. The van der Waals surface area contributed by atoms with E-state index in [0.717, 1.165) is 36.0 Å². The highest BCUT2D eigenvalue weighted by molar-refractivity contribution is 7.99. The molecule has 106 valence electrons. The van der Waals surface area contributed by atoms with Crippen molar-refractivity contribution in [2.45, 2.75) is 18.9 Å². The average molecular weight is 291 g/mol. The number of nitrogens with one attached hydrogen (secondary N) is 2. The molecule has 2 aliphatic rings. The van der Waals surface area contributed by atoms with Gasteiger partial charge in [0.05, 0.1) is 6.04 Å². The summed E-state index contributed by atoms with van der Waals surface area (Å²) in [7, 11) is 0. The van der Waals surface area contributed by atoms with Crippen molar-refractivity contribution in [2.75, 3.05) is 28.4 Å². The topological polar surface area (TPSA) is 61.4 Å². The van der Waals surface area contributed by atoms with Gasteiger partial charge in [-0.1, -0.05) is 6.07 Å². The van der Waals surface area contributed by atoms with Gasteiger partial charge in [-0.2, -0.15) is 0 Å². The Morgan fingerprint density at radius 3 is 3.05 bits per heavy atom. The number of hydrogen-bond acceptors (Lipinski definition) is 4. The minimum absolute atomic E-state index is 0.0140. The second kappa shape index (κ2) is 5.85. The lowest BCUT2D eigenvalue weighted by atomic mass is 10.2. The highest BCUT2D eigenvalue weighted by Crippen LogP contribution is 2.24. The Bertz CT molecular complexity index is 529. The van der Waals surface area contributed by atoms with E-state index >= 15 is 0 Å². The number of carbonyl (C=O) groups excluding carboxylic acids is 2. The van der Waals surface area contributed by atoms with E-state index in [1.807, 2.05) is 24.3 Å². The van der Waals surface area contributed by atoms with E-state index < -0.39 is 0 Å². The van der Waals surface area contributed by atoms with Crippen LogP contribution in [0.2, 0.25) is 0 Å². The summed E-state index contributed by atoms with van der Waals surface area (Å²) in [5.41, 5.74) is 1.60. The van der Waals surface area contributed by atoms with E-state index in [2.05, 4.69) is 10.6 Å². The molecule has 0 spiro atoms. The largest absolute Gasteiger partial charge is 0.325 e. The van der Waals surface area contributed by atoms with E-state index in [9.17, 15) is 9.59 Å². The summed E-state index contributed by atoms with van der Waals surface area (Å²) in [6.45, 7) is 0.761. The van der Waals surface area contributed by atoms with Crippen LogP contribution in [-0.4, -0.2) is 36.0 Å². The average Bonchev–Trinajstić information content (AvgIpc) is 3.10. The summed E-state index contributed by atoms with van der Waals surface area (Å²) in [5, 5.41) is 6.05. The first-order valence-corrected chi connectivity index (χ1v) is 7.92. The van der Waals surface area contributed by atoms with Crippen molar-refractivity contribution < 1.29 is 9.59 Å². The number of amides is 2. The minimum atomic E-state index is -0.128. The van der Waals surface area contributed by atoms with E-state index in [1.54, 1.807) is 16.7 Å². The monoisotopic (exact) mass is 291 g/mol. The van der Waals surface area contributed by atoms with Crippen LogP contribution in [0.4, 0.5) is 11.4 Å². The van der Waals surface area contributed by atoms with Crippen molar-refractivity contribution in [3.05, 3.63) is 24.3 Å². The third-order valence-electron chi connectivity index (χ3n) is 3.53. The van der Waals surface area contributed by atoms with Crippen molar-refractivity contribution in [2.24, 2.45) is 0 Å². The zero-order valence-corrected chi connectivity index (χ0v) is 11.9. The maximum Gasteiger partial charge on any atom is 0.242 e. The first-order valence-electron chi connectivity index (χ1n) is 6.76. The molecular formula is C14H17N3O2S. The molecule has 5 nitrogen and oxygen atoms in total. The fourth-order valence-electron chi connectivity index (χ4n) is 2.47. The number of benzene rings is 1. The van der Waals surface area contributed by atoms with Crippen LogP contribution in [0.3, 0.4) is 0 Å². The summed E-state index contributed by atoms with van der Waals surface area (Å²) in [5.74, 6) is 1.76. The van der Waals surface area contributed by atoms with E-state index in [1.165, 1.54) is 0 Å². The number of nitrogens with zero attached hydrogens (tertiary/aromatic N) is 1. The molecule has 2 saturated heterocycles. The molecule has 2 fully saturated rings. The Labute approximate surface area is 122 Å². The van der Waals surface area contributed by atoms with Crippen LogP contribution >= 0.6 is 11.8 Å². The van der Waals surface area contributed by atoms with Gasteiger partial charge in [-0.05, 0) is 24.6 Å². The van der Waals surface area contributed by atoms with Gasteiger partial charge in [-0.25, -0.2) is 0 Å². The van der Waals surface area contributed by atoms with Crippen LogP contribution in [0.25, 0.3) is 0 Å². The number of anilines is 2. The molecule has 2 aliphatic heterocycles. The lowest BCUT2D eigenvalue weighted by molar-refractivity contribution is -0.118. The number of carbonyl (C=O) groups is 2. The fourth-order valence-corrected chi connectivity index (χ4v) is 3.41. The van der Waals surface area contributed by atoms with Gasteiger partial charge in [-0.15, -0.1) is 11.8 Å². The predicted octanol–water partition coefficient (Wildman–Crippen LogP) is 1.41. The normalized spacial score (nSPS) is 22.3. The van der Waals surface area contributed by atoms with Crippen LogP contribution in [-0.2, 0) is 9.59 Å². The molecule has 2 heterocycles. The molecule has 20 heavy (non-hydrogen) atoms. The fraction of sp³-hybridized carbons (Fsp3) is 0.429. The maximum absolute atomic E-state index is 12.0. The Hall–Kier alpha value is -1.53. The lowest BCUT2D eigenvalue weighted by Gasteiger charge is -2.17. The van der Waals surface area contributed by atoms with E-state index in [4.69, 9.17) is 0 Å². The van der Waals surface area contributed by atoms with Gasteiger partial charge in [0.25, 0.3) is 0 Å². The van der Waals surface area contributed by atoms with Gasteiger partial charge in [0.1, 0.15) is 0 Å². The summed E-state index contributed by atoms with van der Waals surface area (Å²) in [6.07, 6.45) is 1.51. The Kier molecular flexibility index (Phi) is 3.93. The summed E-state index contributed by atoms with van der Waals surface area (Å²) in [6, 6.07) is 7.36. The summed E-state index contributed by atoms with van der Waals surface area (Å²) < 4.78 is 0. The molecule has 1 atom stereocenters. The molecule has 0 saturated carbocycles. The van der Waals surface area contributed by atoms with Gasteiger partial charge in [0, 0.05) is 36.0 Å². The zero-order valence-electron chi connectivity index (χ0n) is 11.1. The van der Waals surface area contributed by atoms with Crippen LogP contribution in [0.5, 0.6) is 0 Å². The SMILES string of the molecule is O=C(Nc1cccc(N2CCCC2=O)c1)C1CSCN1. The number of thioether (sulfide) groups is 1. The smallest absolute Gasteiger partial charge is 0.242 e. The van der Waals surface area contributed by atoms with Crippen LogP contribution in [0.15, 0.2) is 24.3 Å². The molecule has 0 radical (unpaired) electrons. The van der Waals surface area contributed by atoms with Crippen molar-refractivity contribution in [3.8, 4) is 0 Å². The first-order chi connectivity index (χ1) is 9.74. The second-order valence-corrected chi connectivity index (χ2v) is 5.99. The molecule has 2 amide bonds. The van der Waals surface area contributed by atoms with Crippen molar-refractivity contribution in [1.82, 2.24) is 5.32 Å². The molecule has 3 rings (SSSR count). The molecule has 0 bridgehead atoms. The molecule has 0 aromatic heterocycles. The van der Waals surface area contributed by atoms with E-state index in [-0.39, 0.29) is 17.9 Å². The van der Waals surface area contributed by atoms with Gasteiger partial charge >= 0.3 is 0 Å². The molecule has 2 N–H and O–H groups in total. The number of hydrogen-bond donors (Lipinski definition) is 2. The Morgan fingerprint density at radius 1 is 1.45 bits per heavy atom. The summed E-state index contributed by atoms with van der Waals surface area (Å²) >= 11 is 1.72. The quantitative estimate of drug-likeness (QED) is 0.884. The minimum Gasteiger partial charge on any atom is -0.325 e. The third-order valence-corrected chi connectivity index (χ3v) is 4.47. The standard InChI is InChI=1S/C14H17N3O2S/c18-13-5-2-6-17(13)11-4-1-3-10(7-11)16-14(19)12-8-20-9-15-12/h1,3-4,7,12,15H,2,5-6,8-9H2,(H,16,19). The van der Waals surface area contributed by atoms with Gasteiger partial charge in [-0.3, -0.25) is 14.9 Å². The highest BCUT2D eigenvalue weighted by atomic mass is 32.2. The zero-order chi connectivity index (χ0) is 13.9. The molecule has 1 aromatic rings. The molecule has 1 unspecified atom stereocenters. The van der Waals surface area contributed by atoms with Crippen molar-refractivity contribution in [1.29, 1.82) is 0 Å². The van der Waals surface area contributed by atoms with Gasteiger partial charge in [0.15, 0.2) is 0 Å². The number of rotatable bonds is 3. The molecular weight excluding hydrogens is 274 g/mol. The van der Waals surface area contributed by atoms with Crippen molar-refractivity contribution in [3.63, 3.8) is 0 Å². The molecule has 6 heteroatoms. The summed E-state index contributed by atoms with van der Waals surface area (Å²) in [4.78, 5) is 25.6. The lowest BCUT2D eigenvalue weighted by Crippen LogP contribution is -2.37. The van der Waals surface area contributed by atoms with Crippen LogP contribution in [0, 0.1) is 0 Å². The Morgan fingerprint density at radius 2 is 2.35 bits per heavy atom. The second-order valence-electron chi connectivity index (χ2n) is 4.96. The van der Waals surface area contributed by atoms with Crippen LogP contribution < -0.4 is 15.5 Å². The third kappa shape index (κ3) is 2.81. The van der Waals surface area contributed by atoms with Crippen LogP contribution in [0.1, 0.15) is 12.8 Å². The molecule has 1 aromatic carbocycles.